The zero-order valence-electron chi connectivity index (χ0n) is 11.6. The van der Waals surface area contributed by atoms with Crippen LogP contribution < -0.4 is 0 Å². The highest BCUT2D eigenvalue weighted by molar-refractivity contribution is 5.68. The molecule has 0 bridgehead atoms. The van der Waals surface area contributed by atoms with Gasteiger partial charge in [-0.25, -0.2) is 4.79 Å². The number of rotatable bonds is 2. The molecular weight excluding hydrogens is 232 g/mol. The van der Waals surface area contributed by atoms with Crippen LogP contribution in [0.25, 0.3) is 10.4 Å². The Morgan fingerprint density at radius 3 is 2.33 bits per heavy atom. The maximum atomic E-state index is 11.9. The minimum atomic E-state index is -0.465. The van der Waals surface area contributed by atoms with Crippen LogP contribution in [-0.4, -0.2) is 35.7 Å². The molecule has 102 valence electrons. The third-order valence-corrected chi connectivity index (χ3v) is 3.11. The molecular formula is C12H22N4O2. The summed E-state index contributed by atoms with van der Waals surface area (Å²) in [4.78, 5) is 16.4. The average Bonchev–Trinajstić information content (AvgIpc) is 2.27. The zero-order valence-corrected chi connectivity index (χ0v) is 11.6. The molecule has 18 heavy (non-hydrogen) atoms. The Hall–Kier alpha value is -1.42. The van der Waals surface area contributed by atoms with Crippen LogP contribution in [0.15, 0.2) is 5.11 Å². The third-order valence-electron chi connectivity index (χ3n) is 3.11. The largest absolute Gasteiger partial charge is 0.444 e. The molecule has 6 nitrogen and oxygen atoms in total. The summed E-state index contributed by atoms with van der Waals surface area (Å²) in [5, 5.41) is 3.73. The van der Waals surface area contributed by atoms with Gasteiger partial charge in [-0.15, -0.1) is 0 Å². The van der Waals surface area contributed by atoms with Gasteiger partial charge in [-0.3, -0.25) is 0 Å². The molecule has 1 fully saturated rings. The molecule has 0 radical (unpaired) electrons. The quantitative estimate of drug-likeness (QED) is 0.429. The van der Waals surface area contributed by atoms with Crippen molar-refractivity contribution in [3.8, 4) is 0 Å². The zero-order chi connectivity index (χ0) is 13.8. The highest BCUT2D eigenvalue weighted by Gasteiger charge is 2.28. The van der Waals surface area contributed by atoms with E-state index in [1.165, 1.54) is 0 Å². The minimum Gasteiger partial charge on any atom is -0.444 e. The highest BCUT2D eigenvalue weighted by Crippen LogP contribution is 2.25. The number of hydrogen-bond acceptors (Lipinski definition) is 3. The number of nitrogens with zero attached hydrogens (tertiary/aromatic N) is 4. The molecule has 0 aromatic heterocycles. The van der Waals surface area contributed by atoms with Crippen molar-refractivity contribution < 1.29 is 9.53 Å². The van der Waals surface area contributed by atoms with Gasteiger partial charge in [-0.1, -0.05) is 5.11 Å². The Balaban J connectivity index is 2.47. The van der Waals surface area contributed by atoms with E-state index in [9.17, 15) is 4.79 Å². The second-order valence-corrected chi connectivity index (χ2v) is 5.76. The average molecular weight is 254 g/mol. The minimum absolute atomic E-state index is 0.0817. The van der Waals surface area contributed by atoms with Gasteiger partial charge in [-0.05, 0) is 52.0 Å². The number of ether oxygens (including phenoxy) is 1. The first-order chi connectivity index (χ1) is 8.33. The van der Waals surface area contributed by atoms with Crippen LogP contribution in [-0.2, 0) is 4.74 Å². The van der Waals surface area contributed by atoms with Gasteiger partial charge >= 0.3 is 6.09 Å². The fourth-order valence-electron chi connectivity index (χ4n) is 2.12. The summed E-state index contributed by atoms with van der Waals surface area (Å²) in [6.45, 7) is 5.58. The number of carbonyl (C=O) groups excluding carboxylic acids is 1. The van der Waals surface area contributed by atoms with Gasteiger partial charge in [0.2, 0.25) is 0 Å². The molecule has 1 amide bonds. The predicted octanol–water partition coefficient (Wildman–Crippen LogP) is 3.47. The summed E-state index contributed by atoms with van der Waals surface area (Å²) in [7, 11) is 1.77. The molecule has 0 aliphatic heterocycles. The molecule has 0 aromatic rings. The van der Waals surface area contributed by atoms with E-state index in [0.29, 0.717) is 0 Å². The van der Waals surface area contributed by atoms with E-state index in [1.807, 2.05) is 20.8 Å². The number of azide groups is 1. The van der Waals surface area contributed by atoms with Crippen LogP contribution in [0.2, 0.25) is 0 Å². The van der Waals surface area contributed by atoms with E-state index in [0.717, 1.165) is 25.7 Å². The van der Waals surface area contributed by atoms with Crippen molar-refractivity contribution >= 4 is 6.09 Å². The van der Waals surface area contributed by atoms with Gasteiger partial charge < -0.3 is 9.64 Å². The number of carbonyl (C=O) groups is 1. The smallest absolute Gasteiger partial charge is 0.410 e. The van der Waals surface area contributed by atoms with E-state index < -0.39 is 5.60 Å². The van der Waals surface area contributed by atoms with Crippen LogP contribution in [0.1, 0.15) is 46.5 Å². The Morgan fingerprint density at radius 2 is 1.89 bits per heavy atom. The third kappa shape index (κ3) is 4.45. The monoisotopic (exact) mass is 254 g/mol. The maximum Gasteiger partial charge on any atom is 0.410 e. The lowest BCUT2D eigenvalue weighted by Gasteiger charge is -2.34. The Kier molecular flexibility index (Phi) is 4.84. The second-order valence-electron chi connectivity index (χ2n) is 5.76. The van der Waals surface area contributed by atoms with E-state index in [4.69, 9.17) is 10.3 Å². The van der Waals surface area contributed by atoms with Gasteiger partial charge in [-0.2, -0.15) is 0 Å². The lowest BCUT2D eigenvalue weighted by Crippen LogP contribution is -2.42. The number of hydrogen-bond donors (Lipinski definition) is 0. The molecule has 0 aromatic carbocycles. The lowest BCUT2D eigenvalue weighted by atomic mass is 9.91. The molecule has 0 saturated heterocycles. The molecule has 0 unspecified atom stereocenters. The SMILES string of the molecule is CN(C(=O)OC(C)(C)C)C1CCC(N=[N+]=[N-])CC1. The van der Waals surface area contributed by atoms with Crippen molar-refractivity contribution in [2.24, 2.45) is 5.11 Å². The molecule has 1 aliphatic rings. The van der Waals surface area contributed by atoms with Gasteiger partial charge in [0.05, 0.1) is 0 Å². The van der Waals surface area contributed by atoms with Crippen LogP contribution >= 0.6 is 0 Å². The van der Waals surface area contributed by atoms with Crippen molar-refractivity contribution in [2.45, 2.75) is 64.1 Å². The van der Waals surface area contributed by atoms with Gasteiger partial charge in [0.25, 0.3) is 0 Å². The summed E-state index contributed by atoms with van der Waals surface area (Å²) in [6, 6.07) is 0.267. The van der Waals surface area contributed by atoms with E-state index >= 15 is 0 Å². The van der Waals surface area contributed by atoms with Crippen LogP contribution in [0.3, 0.4) is 0 Å². The van der Waals surface area contributed by atoms with E-state index in [2.05, 4.69) is 10.0 Å². The Bertz CT molecular complexity index is 336. The Labute approximate surface area is 108 Å². The molecule has 0 atom stereocenters. The van der Waals surface area contributed by atoms with Crippen molar-refractivity contribution in [1.82, 2.24) is 4.90 Å². The summed E-state index contributed by atoms with van der Waals surface area (Å²) in [5.41, 5.74) is 7.92. The maximum absolute atomic E-state index is 11.9. The molecule has 0 spiro atoms. The van der Waals surface area contributed by atoms with Gasteiger partial charge in [0, 0.05) is 24.0 Å². The summed E-state index contributed by atoms with van der Waals surface area (Å²) >= 11 is 0. The Morgan fingerprint density at radius 1 is 1.33 bits per heavy atom. The first-order valence-electron chi connectivity index (χ1n) is 6.33. The van der Waals surface area contributed by atoms with E-state index in [-0.39, 0.29) is 18.2 Å². The lowest BCUT2D eigenvalue weighted by molar-refractivity contribution is 0.0184. The molecule has 6 heteroatoms. The second kappa shape index (κ2) is 5.96. The van der Waals surface area contributed by atoms with Crippen molar-refractivity contribution in [1.29, 1.82) is 0 Å². The molecule has 1 rings (SSSR count). The van der Waals surface area contributed by atoms with Crippen molar-refractivity contribution in [3.63, 3.8) is 0 Å². The standard InChI is InChI=1S/C12H22N4O2/c1-12(2,3)18-11(17)16(4)10-7-5-9(6-8-10)14-15-13/h9-10H,5-8H2,1-4H3. The molecule has 1 saturated carbocycles. The normalized spacial score (nSPS) is 24.0. The topological polar surface area (TPSA) is 78.3 Å². The van der Waals surface area contributed by atoms with Crippen LogP contribution in [0, 0.1) is 0 Å². The van der Waals surface area contributed by atoms with Crippen molar-refractivity contribution in [2.75, 3.05) is 7.05 Å². The fourth-order valence-corrected chi connectivity index (χ4v) is 2.12. The number of amides is 1. The van der Waals surface area contributed by atoms with Gasteiger partial charge in [0.15, 0.2) is 0 Å². The van der Waals surface area contributed by atoms with Crippen LogP contribution in [0.4, 0.5) is 4.79 Å². The summed E-state index contributed by atoms with van der Waals surface area (Å²) in [6.07, 6.45) is 3.11. The summed E-state index contributed by atoms with van der Waals surface area (Å²) < 4.78 is 5.33. The van der Waals surface area contributed by atoms with E-state index in [1.54, 1.807) is 11.9 Å². The first-order valence-corrected chi connectivity index (χ1v) is 6.33. The fraction of sp³-hybridized carbons (Fsp3) is 0.917. The van der Waals surface area contributed by atoms with Crippen molar-refractivity contribution in [3.05, 3.63) is 10.4 Å². The van der Waals surface area contributed by atoms with Gasteiger partial charge in [0.1, 0.15) is 5.60 Å². The highest BCUT2D eigenvalue weighted by atomic mass is 16.6. The predicted molar refractivity (Wildman–Crippen MR) is 69.2 cm³/mol. The van der Waals surface area contributed by atoms with Crippen LogP contribution in [0.5, 0.6) is 0 Å². The first kappa shape index (κ1) is 14.6. The molecule has 0 heterocycles. The molecule has 0 N–H and O–H groups in total. The summed E-state index contributed by atoms with van der Waals surface area (Å²) in [5.74, 6) is 0. The molecule has 1 aliphatic carbocycles.